The van der Waals surface area contributed by atoms with Crippen LogP contribution in [-0.2, 0) is 4.74 Å². The van der Waals surface area contributed by atoms with Crippen LogP contribution >= 0.6 is 0 Å². The van der Waals surface area contributed by atoms with Gasteiger partial charge in [0.05, 0.1) is 6.61 Å². The maximum absolute atomic E-state index is 13.3. The molecular formula is C19H22FNO3. The number of ether oxygens (including phenoxy) is 1. The molecule has 1 aliphatic heterocycles. The Balaban J connectivity index is 1.79. The number of hydrogen-bond donors (Lipinski definition) is 1. The fourth-order valence-electron chi connectivity index (χ4n) is 3.79. The first-order valence-electron chi connectivity index (χ1n) is 8.44. The van der Waals surface area contributed by atoms with Gasteiger partial charge in [0.15, 0.2) is 0 Å². The standard InChI is InChI=1S/C19H22FNO3/c1-2-24-18(22)21-12-15-6-4-9-19(23,17(15)13-21)10-8-14-5-3-7-16(20)11-14/h3,5,7,11,15,17,23H,2,4,6,9,12-13H2,1H3. The van der Waals surface area contributed by atoms with Gasteiger partial charge in [-0.2, -0.15) is 0 Å². The number of carbonyl (C=O) groups is 1. The van der Waals surface area contributed by atoms with E-state index in [1.807, 2.05) is 0 Å². The van der Waals surface area contributed by atoms with Crippen LogP contribution in [0.2, 0.25) is 0 Å². The van der Waals surface area contributed by atoms with Crippen LogP contribution in [0.4, 0.5) is 9.18 Å². The molecule has 0 spiro atoms. The number of hydrogen-bond acceptors (Lipinski definition) is 3. The average Bonchev–Trinajstić information content (AvgIpc) is 3.00. The molecule has 1 heterocycles. The van der Waals surface area contributed by atoms with E-state index in [9.17, 15) is 14.3 Å². The SMILES string of the molecule is CCOC(=O)N1CC2CCCC(O)(C#Cc3cccc(F)c3)C2C1. The maximum Gasteiger partial charge on any atom is 0.409 e. The second-order valence-corrected chi connectivity index (χ2v) is 6.55. The quantitative estimate of drug-likeness (QED) is 0.805. The Morgan fingerprint density at radius 3 is 3.08 bits per heavy atom. The third-order valence-electron chi connectivity index (χ3n) is 4.96. The van der Waals surface area contributed by atoms with Gasteiger partial charge < -0.3 is 14.7 Å². The molecule has 0 radical (unpaired) electrons. The summed E-state index contributed by atoms with van der Waals surface area (Å²) in [4.78, 5) is 13.6. The van der Waals surface area contributed by atoms with Crippen LogP contribution in [0.15, 0.2) is 24.3 Å². The highest BCUT2D eigenvalue weighted by Gasteiger charge is 2.49. The summed E-state index contributed by atoms with van der Waals surface area (Å²) in [6.45, 7) is 3.18. The highest BCUT2D eigenvalue weighted by Crippen LogP contribution is 2.42. The van der Waals surface area contributed by atoms with Crippen molar-refractivity contribution < 1.29 is 19.0 Å². The Hall–Kier alpha value is -2.06. The lowest BCUT2D eigenvalue weighted by atomic mass is 9.71. The summed E-state index contributed by atoms with van der Waals surface area (Å²) in [6, 6.07) is 6.05. The van der Waals surface area contributed by atoms with E-state index in [1.54, 1.807) is 24.0 Å². The molecule has 2 fully saturated rings. The maximum atomic E-state index is 13.3. The smallest absolute Gasteiger partial charge is 0.409 e. The summed E-state index contributed by atoms with van der Waals surface area (Å²) in [5.41, 5.74) is -0.595. The number of aliphatic hydroxyl groups is 1. The molecule has 1 saturated carbocycles. The van der Waals surface area contributed by atoms with E-state index in [4.69, 9.17) is 4.74 Å². The van der Waals surface area contributed by atoms with Gasteiger partial charge in [-0.25, -0.2) is 9.18 Å². The second kappa shape index (κ2) is 6.82. The zero-order valence-electron chi connectivity index (χ0n) is 13.8. The highest BCUT2D eigenvalue weighted by molar-refractivity contribution is 5.68. The molecule has 2 aliphatic rings. The van der Waals surface area contributed by atoms with Crippen molar-refractivity contribution in [3.8, 4) is 11.8 Å². The Morgan fingerprint density at radius 2 is 2.33 bits per heavy atom. The predicted molar refractivity (Wildman–Crippen MR) is 87.7 cm³/mol. The van der Waals surface area contributed by atoms with E-state index in [0.717, 1.165) is 12.8 Å². The van der Waals surface area contributed by atoms with Crippen molar-refractivity contribution in [1.82, 2.24) is 4.90 Å². The van der Waals surface area contributed by atoms with E-state index in [0.29, 0.717) is 31.7 Å². The third-order valence-corrected chi connectivity index (χ3v) is 4.96. The minimum absolute atomic E-state index is 0.0864. The van der Waals surface area contributed by atoms with Gasteiger partial charge in [0.2, 0.25) is 0 Å². The lowest BCUT2D eigenvalue weighted by molar-refractivity contribution is -0.00795. The van der Waals surface area contributed by atoms with E-state index in [1.165, 1.54) is 12.1 Å². The van der Waals surface area contributed by atoms with Gasteiger partial charge in [0, 0.05) is 24.6 Å². The number of carbonyl (C=O) groups excluding carboxylic acids is 1. The summed E-state index contributed by atoms with van der Waals surface area (Å²) in [6.07, 6.45) is 2.09. The number of halogens is 1. The van der Waals surface area contributed by atoms with E-state index in [2.05, 4.69) is 11.8 Å². The highest BCUT2D eigenvalue weighted by atomic mass is 19.1. The Kier molecular flexibility index (Phi) is 4.77. The molecule has 1 amide bonds. The lowest BCUT2D eigenvalue weighted by Gasteiger charge is -2.37. The van der Waals surface area contributed by atoms with E-state index in [-0.39, 0.29) is 23.7 Å². The zero-order valence-corrected chi connectivity index (χ0v) is 13.8. The summed E-state index contributed by atoms with van der Waals surface area (Å²) in [7, 11) is 0. The van der Waals surface area contributed by atoms with Crippen LogP contribution in [0, 0.1) is 29.5 Å². The van der Waals surface area contributed by atoms with Crippen LogP contribution in [0.1, 0.15) is 31.7 Å². The van der Waals surface area contributed by atoms with E-state index < -0.39 is 5.60 Å². The fraction of sp³-hybridized carbons (Fsp3) is 0.526. The fourth-order valence-corrected chi connectivity index (χ4v) is 3.79. The molecule has 0 bridgehead atoms. The van der Waals surface area contributed by atoms with Crippen LogP contribution in [-0.4, -0.2) is 41.4 Å². The van der Waals surface area contributed by atoms with Gasteiger partial charge in [-0.1, -0.05) is 17.9 Å². The summed E-state index contributed by atoms with van der Waals surface area (Å²) in [5.74, 6) is 5.67. The van der Waals surface area contributed by atoms with Crippen molar-refractivity contribution in [2.24, 2.45) is 11.8 Å². The van der Waals surface area contributed by atoms with Crippen molar-refractivity contribution in [3.05, 3.63) is 35.6 Å². The van der Waals surface area contributed by atoms with Crippen molar-refractivity contribution in [3.63, 3.8) is 0 Å². The first-order valence-corrected chi connectivity index (χ1v) is 8.44. The number of likely N-dealkylation sites (tertiary alicyclic amines) is 1. The largest absolute Gasteiger partial charge is 0.450 e. The van der Waals surface area contributed by atoms with Crippen LogP contribution in [0.3, 0.4) is 0 Å². The summed E-state index contributed by atoms with van der Waals surface area (Å²) >= 11 is 0. The molecule has 5 heteroatoms. The lowest BCUT2D eigenvalue weighted by Crippen LogP contribution is -2.44. The molecule has 4 nitrogen and oxygen atoms in total. The van der Waals surface area contributed by atoms with Gasteiger partial charge in [-0.3, -0.25) is 0 Å². The molecule has 3 unspecified atom stereocenters. The van der Waals surface area contributed by atoms with Crippen molar-refractivity contribution in [1.29, 1.82) is 0 Å². The van der Waals surface area contributed by atoms with Gasteiger partial charge in [-0.05, 0) is 50.3 Å². The first kappa shape index (κ1) is 16.8. The third kappa shape index (κ3) is 3.39. The molecule has 24 heavy (non-hydrogen) atoms. The molecular weight excluding hydrogens is 309 g/mol. The molecule has 3 atom stereocenters. The van der Waals surface area contributed by atoms with Gasteiger partial charge in [0.1, 0.15) is 11.4 Å². The summed E-state index contributed by atoms with van der Waals surface area (Å²) in [5, 5.41) is 11.1. The molecule has 1 aromatic rings. The Labute approximate surface area is 141 Å². The Morgan fingerprint density at radius 1 is 1.50 bits per heavy atom. The number of nitrogens with zero attached hydrogens (tertiary/aromatic N) is 1. The molecule has 3 rings (SSSR count). The van der Waals surface area contributed by atoms with Gasteiger partial charge >= 0.3 is 6.09 Å². The molecule has 1 aliphatic carbocycles. The normalized spacial score (nSPS) is 28.7. The summed E-state index contributed by atoms with van der Waals surface area (Å²) < 4.78 is 18.3. The molecule has 1 N–H and O–H groups in total. The van der Waals surface area contributed by atoms with Crippen molar-refractivity contribution in [2.75, 3.05) is 19.7 Å². The molecule has 1 saturated heterocycles. The van der Waals surface area contributed by atoms with Crippen molar-refractivity contribution >= 4 is 6.09 Å². The second-order valence-electron chi connectivity index (χ2n) is 6.55. The molecule has 1 aromatic carbocycles. The topological polar surface area (TPSA) is 49.8 Å². The number of fused-ring (bicyclic) bond motifs is 1. The molecule has 128 valence electrons. The van der Waals surface area contributed by atoms with E-state index >= 15 is 0 Å². The number of rotatable bonds is 1. The minimum atomic E-state index is -1.14. The van der Waals surface area contributed by atoms with Crippen LogP contribution in [0.25, 0.3) is 0 Å². The minimum Gasteiger partial charge on any atom is -0.450 e. The van der Waals surface area contributed by atoms with Crippen molar-refractivity contribution in [2.45, 2.75) is 31.8 Å². The van der Waals surface area contributed by atoms with Gasteiger partial charge in [0.25, 0.3) is 0 Å². The first-order chi connectivity index (χ1) is 11.5. The van der Waals surface area contributed by atoms with Gasteiger partial charge in [-0.15, -0.1) is 0 Å². The van der Waals surface area contributed by atoms with Crippen LogP contribution < -0.4 is 0 Å². The zero-order chi connectivity index (χ0) is 17.2. The number of benzene rings is 1. The monoisotopic (exact) mass is 331 g/mol. The Bertz CT molecular complexity index is 681. The number of amides is 1. The molecule has 0 aromatic heterocycles. The van der Waals surface area contributed by atoms with Crippen LogP contribution in [0.5, 0.6) is 0 Å². The predicted octanol–water partition coefficient (Wildman–Crippen LogP) is 2.80. The average molecular weight is 331 g/mol.